The third-order valence-corrected chi connectivity index (χ3v) is 3.19. The van der Waals surface area contributed by atoms with Gasteiger partial charge in [-0.05, 0) is 24.6 Å². The minimum atomic E-state index is -0.427. The Labute approximate surface area is 110 Å². The van der Waals surface area contributed by atoms with E-state index in [1.54, 1.807) is 0 Å². The fourth-order valence-electron chi connectivity index (χ4n) is 1.99. The van der Waals surface area contributed by atoms with Crippen LogP contribution >= 0.6 is 11.6 Å². The molecule has 1 aromatic rings. The van der Waals surface area contributed by atoms with Gasteiger partial charge in [-0.25, -0.2) is 4.39 Å². The fourth-order valence-corrected chi connectivity index (χ4v) is 2.20. The Morgan fingerprint density at radius 1 is 1.61 bits per heavy atom. The predicted molar refractivity (Wildman–Crippen MR) is 69.1 cm³/mol. The average Bonchev–Trinajstić information content (AvgIpc) is 2.68. The molecule has 3 N–H and O–H groups in total. The van der Waals surface area contributed by atoms with Crippen LogP contribution in [0.3, 0.4) is 0 Å². The summed E-state index contributed by atoms with van der Waals surface area (Å²) >= 11 is 5.83. The molecule has 18 heavy (non-hydrogen) atoms. The fraction of sp³-hybridized carbons (Fsp3) is 0.417. The van der Waals surface area contributed by atoms with Gasteiger partial charge in [0.25, 0.3) is 0 Å². The highest BCUT2D eigenvalue weighted by atomic mass is 35.5. The maximum atomic E-state index is 12.8. The quantitative estimate of drug-likeness (QED) is 0.875. The van der Waals surface area contributed by atoms with Crippen molar-refractivity contribution in [3.8, 4) is 0 Å². The number of rotatable bonds is 3. The molecule has 1 amide bonds. The van der Waals surface area contributed by atoms with Crippen LogP contribution in [0.4, 0.5) is 10.1 Å². The number of nitrogens with zero attached hydrogens (tertiary/aromatic N) is 1. The average molecular weight is 272 g/mol. The Kier molecular flexibility index (Phi) is 4.16. The number of hydrogen-bond acceptors (Lipinski definition) is 3. The van der Waals surface area contributed by atoms with Crippen molar-refractivity contribution >= 4 is 23.2 Å². The second kappa shape index (κ2) is 5.65. The van der Waals surface area contributed by atoms with Crippen molar-refractivity contribution in [3.63, 3.8) is 0 Å². The van der Waals surface area contributed by atoms with E-state index in [0.29, 0.717) is 5.69 Å². The number of nitrogens with one attached hydrogen (secondary N) is 1. The van der Waals surface area contributed by atoms with Crippen molar-refractivity contribution < 1.29 is 9.18 Å². The molecule has 0 spiro atoms. The minimum absolute atomic E-state index is 0.146. The molecule has 1 aliphatic heterocycles. The highest BCUT2D eigenvalue weighted by Crippen LogP contribution is 2.22. The molecule has 6 heteroatoms. The molecule has 0 bridgehead atoms. The smallest absolute Gasteiger partial charge is 0.238 e. The monoisotopic (exact) mass is 271 g/mol. The first-order chi connectivity index (χ1) is 8.54. The molecular weight excluding hydrogens is 257 g/mol. The van der Waals surface area contributed by atoms with Crippen LogP contribution in [0.2, 0.25) is 5.02 Å². The van der Waals surface area contributed by atoms with Gasteiger partial charge in [-0.3, -0.25) is 9.69 Å². The number of anilines is 1. The molecular formula is C12H15ClFN3O. The number of carbonyl (C=O) groups excluding carboxylic acids is 1. The molecule has 1 heterocycles. The molecule has 1 atom stereocenters. The van der Waals surface area contributed by atoms with E-state index in [2.05, 4.69) is 5.32 Å². The molecule has 2 rings (SSSR count). The molecule has 0 radical (unpaired) electrons. The van der Waals surface area contributed by atoms with Crippen LogP contribution in [0.25, 0.3) is 0 Å². The van der Waals surface area contributed by atoms with Crippen LogP contribution in [0.1, 0.15) is 6.42 Å². The number of carbonyl (C=O) groups is 1. The molecule has 0 unspecified atom stereocenters. The highest BCUT2D eigenvalue weighted by Gasteiger charge is 2.21. The molecule has 1 aliphatic rings. The number of halogens is 2. The Balaban J connectivity index is 1.91. The van der Waals surface area contributed by atoms with Crippen molar-refractivity contribution in [2.75, 3.05) is 25.0 Å². The van der Waals surface area contributed by atoms with E-state index in [9.17, 15) is 9.18 Å². The van der Waals surface area contributed by atoms with Crippen molar-refractivity contribution in [2.45, 2.75) is 12.5 Å². The molecule has 1 saturated heterocycles. The number of nitrogens with two attached hydrogens (primary N) is 1. The molecule has 0 aromatic heterocycles. The number of benzene rings is 1. The van der Waals surface area contributed by atoms with E-state index in [0.717, 1.165) is 19.5 Å². The van der Waals surface area contributed by atoms with Crippen molar-refractivity contribution in [2.24, 2.45) is 5.73 Å². The zero-order chi connectivity index (χ0) is 13.1. The van der Waals surface area contributed by atoms with E-state index in [-0.39, 0.29) is 23.5 Å². The standard InChI is InChI=1S/C12H15ClFN3O/c13-10-5-8(14)1-2-11(10)16-12(18)7-17-4-3-9(15)6-17/h1-2,5,9H,3-4,6-7,15H2,(H,16,18)/t9-/m0/s1. The minimum Gasteiger partial charge on any atom is -0.326 e. The maximum Gasteiger partial charge on any atom is 0.238 e. The Bertz CT molecular complexity index is 455. The van der Waals surface area contributed by atoms with E-state index in [1.807, 2.05) is 4.90 Å². The molecule has 1 aromatic carbocycles. The van der Waals surface area contributed by atoms with Gasteiger partial charge in [0.1, 0.15) is 5.82 Å². The number of likely N-dealkylation sites (tertiary alicyclic amines) is 1. The summed E-state index contributed by atoms with van der Waals surface area (Å²) in [4.78, 5) is 13.7. The van der Waals surface area contributed by atoms with E-state index in [4.69, 9.17) is 17.3 Å². The SMILES string of the molecule is N[C@H]1CCN(CC(=O)Nc2ccc(F)cc2Cl)C1. The molecule has 0 aliphatic carbocycles. The van der Waals surface area contributed by atoms with Gasteiger partial charge in [0.05, 0.1) is 17.3 Å². The lowest BCUT2D eigenvalue weighted by Gasteiger charge is -2.15. The highest BCUT2D eigenvalue weighted by molar-refractivity contribution is 6.33. The molecule has 98 valence electrons. The summed E-state index contributed by atoms with van der Waals surface area (Å²) < 4.78 is 12.8. The third-order valence-electron chi connectivity index (χ3n) is 2.88. The van der Waals surface area contributed by atoms with Gasteiger partial charge in [0, 0.05) is 19.1 Å². The van der Waals surface area contributed by atoms with Crippen LogP contribution in [0, 0.1) is 5.82 Å². The second-order valence-corrected chi connectivity index (χ2v) is 4.86. The second-order valence-electron chi connectivity index (χ2n) is 4.46. The zero-order valence-corrected chi connectivity index (χ0v) is 10.6. The van der Waals surface area contributed by atoms with E-state index >= 15 is 0 Å². The van der Waals surface area contributed by atoms with Crippen LogP contribution < -0.4 is 11.1 Å². The van der Waals surface area contributed by atoms with Gasteiger partial charge in [-0.15, -0.1) is 0 Å². The lowest BCUT2D eigenvalue weighted by molar-refractivity contribution is -0.117. The largest absolute Gasteiger partial charge is 0.326 e. The van der Waals surface area contributed by atoms with Crippen LogP contribution in [0.5, 0.6) is 0 Å². The first-order valence-corrected chi connectivity index (χ1v) is 6.15. The first-order valence-electron chi connectivity index (χ1n) is 5.77. The van der Waals surface area contributed by atoms with Gasteiger partial charge < -0.3 is 11.1 Å². The van der Waals surface area contributed by atoms with E-state index < -0.39 is 5.82 Å². The summed E-state index contributed by atoms with van der Waals surface area (Å²) in [5.74, 6) is -0.596. The van der Waals surface area contributed by atoms with Gasteiger partial charge in [0.15, 0.2) is 0 Å². The molecule has 4 nitrogen and oxygen atoms in total. The van der Waals surface area contributed by atoms with Crippen LogP contribution in [0.15, 0.2) is 18.2 Å². The van der Waals surface area contributed by atoms with Crippen LogP contribution in [-0.2, 0) is 4.79 Å². The van der Waals surface area contributed by atoms with Gasteiger partial charge in [0.2, 0.25) is 5.91 Å². The number of hydrogen-bond donors (Lipinski definition) is 2. The molecule has 1 fully saturated rings. The summed E-state index contributed by atoms with van der Waals surface area (Å²) in [6, 6.07) is 4.02. The Morgan fingerprint density at radius 2 is 2.39 bits per heavy atom. The summed E-state index contributed by atoms with van der Waals surface area (Å²) in [6.45, 7) is 1.83. The predicted octanol–water partition coefficient (Wildman–Crippen LogP) is 1.45. The normalized spacial score (nSPS) is 20.1. The lowest BCUT2D eigenvalue weighted by atomic mass is 10.3. The summed E-state index contributed by atoms with van der Waals surface area (Å²) in [6.07, 6.45) is 0.907. The lowest BCUT2D eigenvalue weighted by Crippen LogP contribution is -2.33. The topological polar surface area (TPSA) is 58.4 Å². The Morgan fingerprint density at radius 3 is 3.00 bits per heavy atom. The first kappa shape index (κ1) is 13.3. The van der Waals surface area contributed by atoms with Gasteiger partial charge >= 0.3 is 0 Å². The van der Waals surface area contributed by atoms with Crippen molar-refractivity contribution in [3.05, 3.63) is 29.0 Å². The van der Waals surface area contributed by atoms with E-state index in [1.165, 1.54) is 18.2 Å². The third kappa shape index (κ3) is 3.41. The van der Waals surface area contributed by atoms with Crippen molar-refractivity contribution in [1.29, 1.82) is 0 Å². The number of amides is 1. The summed E-state index contributed by atoms with van der Waals surface area (Å²) in [7, 11) is 0. The maximum absolute atomic E-state index is 12.8. The zero-order valence-electron chi connectivity index (χ0n) is 9.83. The van der Waals surface area contributed by atoms with Gasteiger partial charge in [-0.1, -0.05) is 11.6 Å². The Hall–Kier alpha value is -1.17. The van der Waals surface area contributed by atoms with Gasteiger partial charge in [-0.2, -0.15) is 0 Å². The molecule has 0 saturated carbocycles. The van der Waals surface area contributed by atoms with Crippen molar-refractivity contribution in [1.82, 2.24) is 4.90 Å². The summed E-state index contributed by atoms with van der Waals surface area (Å²) in [5.41, 5.74) is 6.18. The van der Waals surface area contributed by atoms with Crippen LogP contribution in [-0.4, -0.2) is 36.5 Å². The summed E-state index contributed by atoms with van der Waals surface area (Å²) in [5, 5.41) is 2.85.